The summed E-state index contributed by atoms with van der Waals surface area (Å²) in [5.74, 6) is 0.873. The van der Waals surface area contributed by atoms with Crippen molar-refractivity contribution in [2.75, 3.05) is 13.7 Å². The Morgan fingerprint density at radius 1 is 1.11 bits per heavy atom. The van der Waals surface area contributed by atoms with Crippen LogP contribution >= 0.6 is 0 Å². The third-order valence-electron chi connectivity index (χ3n) is 16.1. The number of Topliss-reactive ketones (excluding diaryl/α,β-unsaturated/α-hetero) is 1. The molecule has 0 amide bonds. The van der Waals surface area contributed by atoms with Gasteiger partial charge in [-0.25, -0.2) is 4.99 Å². The van der Waals surface area contributed by atoms with Gasteiger partial charge in [0.1, 0.15) is 24.9 Å². The summed E-state index contributed by atoms with van der Waals surface area (Å²) in [5, 5.41) is 38.3. The molecular formula is C47H61N3O6. The first-order valence-corrected chi connectivity index (χ1v) is 20.9. The van der Waals surface area contributed by atoms with E-state index in [1.807, 2.05) is 19.9 Å². The number of aliphatic hydroxyl groups is 3. The fourth-order valence-electron chi connectivity index (χ4n) is 13.5. The Bertz CT molecular complexity index is 2220. The van der Waals surface area contributed by atoms with E-state index in [-0.39, 0.29) is 34.5 Å². The average molecular weight is 764 g/mol. The molecule has 0 spiro atoms. The summed E-state index contributed by atoms with van der Waals surface area (Å²) in [7, 11) is 1.70. The highest BCUT2D eigenvalue weighted by Gasteiger charge is 2.68. The highest BCUT2D eigenvalue weighted by atomic mass is 16.5. The zero-order valence-electron chi connectivity index (χ0n) is 34.9. The molecule has 11 atom stereocenters. The average Bonchev–Trinajstić information content (AvgIpc) is 3.91. The normalized spacial score (nSPS) is 39.5. The van der Waals surface area contributed by atoms with Crippen molar-refractivity contribution in [3.63, 3.8) is 0 Å². The van der Waals surface area contributed by atoms with Crippen LogP contribution in [0, 0.1) is 28.6 Å². The molecule has 0 bridgehead atoms. The summed E-state index contributed by atoms with van der Waals surface area (Å²) in [5.41, 5.74) is 6.70. The third kappa shape index (κ3) is 4.78. The van der Waals surface area contributed by atoms with E-state index in [2.05, 4.69) is 94.2 Å². The number of hydrogen-bond acceptors (Lipinski definition) is 8. The Labute approximate surface area is 331 Å². The van der Waals surface area contributed by atoms with Crippen molar-refractivity contribution in [2.45, 2.75) is 142 Å². The van der Waals surface area contributed by atoms with Gasteiger partial charge in [-0.3, -0.25) is 10.1 Å². The number of likely N-dealkylation sites (N-methyl/N-ethyl adjacent to an activating group) is 1. The summed E-state index contributed by atoms with van der Waals surface area (Å²) in [6, 6.07) is 1.43. The number of allylic oxidation sites excluding steroid dienone is 3. The Balaban J connectivity index is 1.17. The molecule has 3 aliphatic heterocycles. The summed E-state index contributed by atoms with van der Waals surface area (Å²) in [4.78, 5) is 19.6. The standard InChI is InChI=1S/C47H61N3O6/c1-23(2)36-39(53)34-33-26(29-21-43(4,5)56-44(6,7)35(29)38(33)52)20-27-28-19-25-14-15-31-45(8,17-12-13-24(3)42-49-30(22-55-42)41(54)48-11)32(51)16-18-46(31,9)47(25,10)40(28)50(36)37(27)34/h12-13,17,20-21,25,30-32,35-36,38,41,48,51-52,54H,1,14-16,18-19,22H2,2-11H3/b17-12+,24-13+/t25?,30?,31-,32-,35?,36-,38+,41?,45-,46-,47+/m0/s1. The molecule has 7 aliphatic rings. The highest BCUT2D eigenvalue weighted by Crippen LogP contribution is 2.71. The maximum absolute atomic E-state index is 15.0. The van der Waals surface area contributed by atoms with Crippen molar-refractivity contribution in [1.29, 1.82) is 0 Å². The number of ether oxygens (including phenoxy) is 2. The number of aliphatic hydroxyl groups excluding tert-OH is 3. The zero-order valence-corrected chi connectivity index (χ0v) is 34.9. The number of benzene rings is 1. The number of nitrogens with zero attached hydrogens (tertiary/aromatic N) is 2. The highest BCUT2D eigenvalue weighted by molar-refractivity contribution is 6.18. The number of hydrogen-bond donors (Lipinski definition) is 4. The molecule has 0 saturated heterocycles. The Morgan fingerprint density at radius 2 is 1.84 bits per heavy atom. The second-order valence-corrected chi connectivity index (χ2v) is 20.1. The van der Waals surface area contributed by atoms with Crippen molar-refractivity contribution in [3.05, 3.63) is 76.0 Å². The van der Waals surface area contributed by atoms with Crippen LogP contribution in [-0.2, 0) is 21.3 Å². The van der Waals surface area contributed by atoms with Crippen molar-refractivity contribution in [3.8, 4) is 0 Å². The lowest BCUT2D eigenvalue weighted by Gasteiger charge is -2.64. The van der Waals surface area contributed by atoms with Crippen LogP contribution in [0.5, 0.6) is 0 Å². The van der Waals surface area contributed by atoms with E-state index in [0.29, 0.717) is 30.4 Å². The molecular weight excluding hydrogens is 703 g/mol. The van der Waals surface area contributed by atoms with E-state index in [1.165, 1.54) is 11.3 Å². The summed E-state index contributed by atoms with van der Waals surface area (Å²) >= 11 is 0. The molecule has 4 unspecified atom stereocenters. The lowest BCUT2D eigenvalue weighted by Crippen LogP contribution is -2.62. The first-order valence-electron chi connectivity index (χ1n) is 20.9. The summed E-state index contributed by atoms with van der Waals surface area (Å²) < 4.78 is 14.8. The quantitative estimate of drug-likeness (QED) is 0.137. The summed E-state index contributed by atoms with van der Waals surface area (Å²) in [6.07, 6.45) is 10.9. The third-order valence-corrected chi connectivity index (χ3v) is 16.1. The lowest BCUT2D eigenvalue weighted by molar-refractivity contribution is -0.144. The molecule has 2 saturated carbocycles. The largest absolute Gasteiger partial charge is 0.475 e. The molecule has 9 heteroatoms. The van der Waals surface area contributed by atoms with Crippen LogP contribution in [0.4, 0.5) is 0 Å². The summed E-state index contributed by atoms with van der Waals surface area (Å²) in [6.45, 7) is 24.1. The minimum atomic E-state index is -0.855. The zero-order chi connectivity index (χ0) is 40.2. The van der Waals surface area contributed by atoms with Crippen LogP contribution in [-0.4, -0.2) is 74.8 Å². The minimum absolute atomic E-state index is 0.0367. The van der Waals surface area contributed by atoms with Crippen LogP contribution in [0.3, 0.4) is 0 Å². The Kier molecular flexibility index (Phi) is 8.26. The van der Waals surface area contributed by atoms with E-state index in [9.17, 15) is 20.1 Å². The molecule has 1 aromatic heterocycles. The van der Waals surface area contributed by atoms with E-state index in [4.69, 9.17) is 9.47 Å². The van der Waals surface area contributed by atoms with Crippen molar-refractivity contribution < 1.29 is 29.6 Å². The van der Waals surface area contributed by atoms with E-state index in [0.717, 1.165) is 64.4 Å². The Hall–Kier alpha value is -3.34. The minimum Gasteiger partial charge on any atom is -0.475 e. The van der Waals surface area contributed by atoms with Gasteiger partial charge in [-0.1, -0.05) is 51.2 Å². The first-order chi connectivity index (χ1) is 26.2. The van der Waals surface area contributed by atoms with Gasteiger partial charge in [-0.05, 0) is 127 Å². The topological polar surface area (TPSA) is 126 Å². The second kappa shape index (κ2) is 12.1. The molecule has 4 aliphatic carbocycles. The monoisotopic (exact) mass is 763 g/mol. The van der Waals surface area contributed by atoms with Crippen molar-refractivity contribution >= 4 is 28.2 Å². The van der Waals surface area contributed by atoms with E-state index in [1.54, 1.807) is 7.05 Å². The van der Waals surface area contributed by atoms with Gasteiger partial charge in [-0.2, -0.15) is 0 Å². The molecule has 2 fully saturated rings. The number of carbonyl (C=O) groups excluding carboxylic acids is 1. The van der Waals surface area contributed by atoms with Gasteiger partial charge in [-0.15, -0.1) is 0 Å². The van der Waals surface area contributed by atoms with Crippen LogP contribution in [0.15, 0.2) is 53.1 Å². The molecule has 4 N–H and O–H groups in total. The van der Waals surface area contributed by atoms with Crippen LogP contribution in [0.25, 0.3) is 16.5 Å². The molecule has 0 radical (unpaired) electrons. The number of aliphatic imine (C=N–C) groups is 1. The number of aromatic nitrogens is 1. The molecule has 2 aromatic rings. The van der Waals surface area contributed by atoms with Gasteiger partial charge in [0, 0.05) is 39.0 Å². The van der Waals surface area contributed by atoms with Crippen LogP contribution < -0.4 is 5.32 Å². The second-order valence-electron chi connectivity index (χ2n) is 20.1. The van der Waals surface area contributed by atoms with Gasteiger partial charge < -0.3 is 29.4 Å². The van der Waals surface area contributed by atoms with Crippen molar-refractivity contribution in [2.24, 2.45) is 33.6 Å². The Morgan fingerprint density at radius 3 is 2.54 bits per heavy atom. The molecule has 1 aromatic carbocycles. The lowest BCUT2D eigenvalue weighted by atomic mass is 9.40. The van der Waals surface area contributed by atoms with Gasteiger partial charge in [0.2, 0.25) is 5.90 Å². The molecule has 9 rings (SSSR count). The SMILES string of the molecule is C=C(C)[C@H]1C(=O)c2c3c(cc4c5c(n1c24)[C@@]1(C)C(CC[C@H]2[C@](C)(/C=C/C=C(\C)C4=NC(C(O)NC)CO4)[C@@H](O)CC[C@@]21C)C5)C1=CC(C)(C)OC(C)(C)C1[C@@H]3O. The number of rotatable bonds is 6. The van der Waals surface area contributed by atoms with Gasteiger partial charge >= 0.3 is 0 Å². The molecule has 9 nitrogen and oxygen atoms in total. The predicted molar refractivity (Wildman–Crippen MR) is 220 cm³/mol. The van der Waals surface area contributed by atoms with E-state index >= 15 is 0 Å². The van der Waals surface area contributed by atoms with Gasteiger partial charge in [0.25, 0.3) is 0 Å². The number of carbonyl (C=O) groups is 1. The van der Waals surface area contributed by atoms with E-state index < -0.39 is 41.1 Å². The smallest absolute Gasteiger partial charge is 0.212 e. The predicted octanol–water partition coefficient (Wildman–Crippen LogP) is 7.43. The fraction of sp³-hybridized carbons (Fsp3) is 0.617. The first kappa shape index (κ1) is 38.2. The maximum Gasteiger partial charge on any atom is 0.212 e. The number of fused-ring (bicyclic) bond motifs is 11. The maximum atomic E-state index is 15.0. The van der Waals surface area contributed by atoms with Crippen LogP contribution in [0.2, 0.25) is 0 Å². The van der Waals surface area contributed by atoms with Gasteiger partial charge in [0.15, 0.2) is 5.78 Å². The fourth-order valence-corrected chi connectivity index (χ4v) is 13.5. The molecule has 4 heterocycles. The number of nitrogens with one attached hydrogen (secondary N) is 1. The number of ketones is 1. The molecule has 300 valence electrons. The van der Waals surface area contributed by atoms with Gasteiger partial charge in [0.05, 0.1) is 34.5 Å². The van der Waals surface area contributed by atoms with Crippen molar-refractivity contribution in [1.82, 2.24) is 9.88 Å². The molecule has 56 heavy (non-hydrogen) atoms. The van der Waals surface area contributed by atoms with Crippen LogP contribution in [0.1, 0.15) is 133 Å².